The van der Waals surface area contributed by atoms with Gasteiger partial charge < -0.3 is 11.1 Å². The lowest BCUT2D eigenvalue weighted by atomic mass is 9.77. The highest BCUT2D eigenvalue weighted by Crippen LogP contribution is 2.29. The van der Waals surface area contributed by atoms with Crippen LogP contribution in [0.3, 0.4) is 0 Å². The number of hydrogen-bond donors (Lipinski definition) is 2. The van der Waals surface area contributed by atoms with E-state index in [0.717, 1.165) is 32.2 Å². The van der Waals surface area contributed by atoms with E-state index >= 15 is 0 Å². The summed E-state index contributed by atoms with van der Waals surface area (Å²) >= 11 is 0. The summed E-state index contributed by atoms with van der Waals surface area (Å²) in [5.41, 5.74) is 6.87. The van der Waals surface area contributed by atoms with E-state index < -0.39 is 5.54 Å². The number of rotatable bonds is 4. The van der Waals surface area contributed by atoms with E-state index in [2.05, 4.69) is 11.4 Å². The third-order valence-corrected chi connectivity index (χ3v) is 3.56. The van der Waals surface area contributed by atoms with Crippen LogP contribution < -0.4 is 11.1 Å². The first kappa shape index (κ1) is 10.7. The molecule has 0 atom stereocenters. The van der Waals surface area contributed by atoms with Crippen LogP contribution in [0.1, 0.15) is 44.9 Å². The van der Waals surface area contributed by atoms with Crippen LogP contribution >= 0.6 is 0 Å². The number of carbonyl (C=O) groups excluding carboxylic acids is 1. The maximum absolute atomic E-state index is 11.7. The maximum atomic E-state index is 11.7. The fraction of sp³-hybridized carbons (Fsp3) is 0.750. The van der Waals surface area contributed by atoms with Crippen molar-refractivity contribution in [2.45, 2.75) is 50.5 Å². The molecular formula is C12H20N2O. The minimum absolute atomic E-state index is 0.0485. The number of hydrogen-bond acceptors (Lipinski definition) is 2. The predicted molar refractivity (Wildman–Crippen MR) is 60.3 cm³/mol. The lowest BCUT2D eigenvalue weighted by molar-refractivity contribution is -0.129. The molecule has 0 heterocycles. The summed E-state index contributed by atoms with van der Waals surface area (Å²) in [5, 5.41) is 2.95. The van der Waals surface area contributed by atoms with Gasteiger partial charge in [-0.1, -0.05) is 11.6 Å². The van der Waals surface area contributed by atoms with Crippen molar-refractivity contribution < 1.29 is 4.79 Å². The first-order valence-electron chi connectivity index (χ1n) is 5.96. The second kappa shape index (κ2) is 4.35. The van der Waals surface area contributed by atoms with Crippen LogP contribution in [-0.4, -0.2) is 18.0 Å². The van der Waals surface area contributed by atoms with Gasteiger partial charge in [0.2, 0.25) is 5.91 Å². The molecule has 1 saturated carbocycles. The number of carbonyl (C=O) groups is 1. The van der Waals surface area contributed by atoms with Gasteiger partial charge in [-0.2, -0.15) is 0 Å². The summed E-state index contributed by atoms with van der Waals surface area (Å²) in [6.07, 6.45) is 9.80. The van der Waals surface area contributed by atoms with Crippen LogP contribution in [0.25, 0.3) is 0 Å². The zero-order chi connectivity index (χ0) is 10.7. The Morgan fingerprint density at radius 2 is 2.27 bits per heavy atom. The van der Waals surface area contributed by atoms with Gasteiger partial charge in [0, 0.05) is 6.54 Å². The number of amides is 1. The third kappa shape index (κ3) is 2.40. The Morgan fingerprint density at radius 3 is 2.80 bits per heavy atom. The normalized spacial score (nSPS) is 23.1. The van der Waals surface area contributed by atoms with E-state index in [0.29, 0.717) is 0 Å². The Morgan fingerprint density at radius 1 is 1.47 bits per heavy atom. The van der Waals surface area contributed by atoms with Crippen LogP contribution in [0.15, 0.2) is 11.6 Å². The van der Waals surface area contributed by atoms with E-state index in [1.807, 2.05) is 0 Å². The predicted octanol–water partition coefficient (Wildman–Crippen LogP) is 1.48. The molecule has 1 amide bonds. The minimum Gasteiger partial charge on any atom is -0.354 e. The highest BCUT2D eigenvalue weighted by Gasteiger charge is 2.39. The number of nitrogens with one attached hydrogen (secondary N) is 1. The molecule has 3 heteroatoms. The molecular weight excluding hydrogens is 188 g/mol. The van der Waals surface area contributed by atoms with Gasteiger partial charge >= 0.3 is 0 Å². The molecule has 15 heavy (non-hydrogen) atoms. The summed E-state index contributed by atoms with van der Waals surface area (Å²) in [4.78, 5) is 11.7. The molecule has 0 saturated heterocycles. The molecule has 0 aromatic carbocycles. The highest BCUT2D eigenvalue weighted by molar-refractivity contribution is 5.86. The van der Waals surface area contributed by atoms with Gasteiger partial charge in [-0.15, -0.1) is 0 Å². The van der Waals surface area contributed by atoms with Crippen LogP contribution in [0.4, 0.5) is 0 Å². The Hall–Kier alpha value is -0.830. The van der Waals surface area contributed by atoms with Gasteiger partial charge in [0.05, 0.1) is 5.54 Å². The van der Waals surface area contributed by atoms with Crippen molar-refractivity contribution in [3.8, 4) is 0 Å². The van der Waals surface area contributed by atoms with Gasteiger partial charge in [-0.3, -0.25) is 4.79 Å². The highest BCUT2D eigenvalue weighted by atomic mass is 16.2. The molecule has 2 aliphatic rings. The first-order valence-corrected chi connectivity index (χ1v) is 5.96. The number of allylic oxidation sites excluding steroid dienone is 1. The van der Waals surface area contributed by atoms with Gasteiger partial charge in [-0.05, 0) is 44.9 Å². The number of nitrogens with two attached hydrogens (primary N) is 1. The molecule has 3 nitrogen and oxygen atoms in total. The molecule has 0 bridgehead atoms. The summed E-state index contributed by atoms with van der Waals surface area (Å²) in [5.74, 6) is 0.0485. The second-order valence-corrected chi connectivity index (χ2v) is 4.77. The van der Waals surface area contributed by atoms with Crippen molar-refractivity contribution in [2.75, 3.05) is 6.54 Å². The van der Waals surface area contributed by atoms with Gasteiger partial charge in [0.25, 0.3) is 0 Å². The lowest BCUT2D eigenvalue weighted by Gasteiger charge is -2.36. The second-order valence-electron chi connectivity index (χ2n) is 4.77. The van der Waals surface area contributed by atoms with Crippen LogP contribution in [0.5, 0.6) is 0 Å². The van der Waals surface area contributed by atoms with E-state index in [9.17, 15) is 4.79 Å². The van der Waals surface area contributed by atoms with Crippen LogP contribution in [0.2, 0.25) is 0 Å². The quantitative estimate of drug-likeness (QED) is 0.688. The molecule has 1 fully saturated rings. The Labute approximate surface area is 91.1 Å². The molecule has 0 aromatic rings. The van der Waals surface area contributed by atoms with E-state index in [1.54, 1.807) is 0 Å². The van der Waals surface area contributed by atoms with Gasteiger partial charge in [0.1, 0.15) is 0 Å². The van der Waals surface area contributed by atoms with Gasteiger partial charge in [-0.25, -0.2) is 0 Å². The first-order chi connectivity index (χ1) is 7.21. The molecule has 0 spiro atoms. The van der Waals surface area contributed by atoms with Gasteiger partial charge in [0.15, 0.2) is 0 Å². The molecule has 0 radical (unpaired) electrons. The molecule has 3 N–H and O–H groups in total. The zero-order valence-corrected chi connectivity index (χ0v) is 9.22. The summed E-state index contributed by atoms with van der Waals surface area (Å²) in [6, 6.07) is 0. The average Bonchev–Trinajstić information content (AvgIpc) is 2.66. The fourth-order valence-corrected chi connectivity index (χ4v) is 2.26. The topological polar surface area (TPSA) is 55.1 Å². The third-order valence-electron chi connectivity index (χ3n) is 3.56. The summed E-state index contributed by atoms with van der Waals surface area (Å²) < 4.78 is 0. The average molecular weight is 208 g/mol. The monoisotopic (exact) mass is 208 g/mol. The molecule has 2 rings (SSSR count). The smallest absolute Gasteiger partial charge is 0.240 e. The lowest BCUT2D eigenvalue weighted by Crippen LogP contribution is -2.58. The Bertz CT molecular complexity index is 279. The van der Waals surface area contributed by atoms with Crippen molar-refractivity contribution in [1.82, 2.24) is 5.32 Å². The van der Waals surface area contributed by atoms with Crippen molar-refractivity contribution in [3.05, 3.63) is 11.6 Å². The molecule has 0 aromatic heterocycles. The van der Waals surface area contributed by atoms with E-state index in [1.165, 1.54) is 24.8 Å². The minimum atomic E-state index is -0.538. The largest absolute Gasteiger partial charge is 0.354 e. The summed E-state index contributed by atoms with van der Waals surface area (Å²) in [7, 11) is 0. The van der Waals surface area contributed by atoms with Crippen molar-refractivity contribution >= 4 is 5.91 Å². The molecule has 2 aliphatic carbocycles. The van der Waals surface area contributed by atoms with Crippen molar-refractivity contribution in [1.29, 1.82) is 0 Å². The summed E-state index contributed by atoms with van der Waals surface area (Å²) in [6.45, 7) is 0.754. The van der Waals surface area contributed by atoms with Crippen LogP contribution in [0, 0.1) is 0 Å². The van der Waals surface area contributed by atoms with Crippen molar-refractivity contribution in [2.24, 2.45) is 5.73 Å². The van der Waals surface area contributed by atoms with E-state index in [4.69, 9.17) is 5.73 Å². The van der Waals surface area contributed by atoms with Crippen LogP contribution in [-0.2, 0) is 4.79 Å². The Kier molecular flexibility index (Phi) is 3.10. The SMILES string of the molecule is NC1(C(=O)NCCC2=CCCC2)CCC1. The molecule has 84 valence electrons. The maximum Gasteiger partial charge on any atom is 0.240 e. The molecule has 0 unspecified atom stereocenters. The van der Waals surface area contributed by atoms with Crippen molar-refractivity contribution in [3.63, 3.8) is 0 Å². The zero-order valence-electron chi connectivity index (χ0n) is 9.22. The molecule has 0 aliphatic heterocycles. The fourth-order valence-electron chi connectivity index (χ4n) is 2.26. The standard InChI is InChI=1S/C12H20N2O/c13-12(7-3-8-12)11(15)14-9-6-10-4-1-2-5-10/h4H,1-3,5-9,13H2,(H,14,15). The van der Waals surface area contributed by atoms with E-state index in [-0.39, 0.29) is 5.91 Å². The Balaban J connectivity index is 1.67.